The number of anilines is 1. The van der Waals surface area contributed by atoms with Crippen molar-refractivity contribution in [2.24, 2.45) is 0 Å². The number of nitrogens with zero attached hydrogens (tertiary/aromatic N) is 3. The normalized spacial score (nSPS) is 10.5. The van der Waals surface area contributed by atoms with Gasteiger partial charge in [0.2, 0.25) is 5.91 Å². The third kappa shape index (κ3) is 3.06. The lowest BCUT2D eigenvalue weighted by Gasteiger charge is -2.08. The van der Waals surface area contributed by atoms with Gasteiger partial charge in [0.05, 0.1) is 29.0 Å². The lowest BCUT2D eigenvalue weighted by atomic mass is 10.1. The van der Waals surface area contributed by atoms with Crippen LogP contribution in [-0.2, 0) is 11.3 Å². The zero-order valence-corrected chi connectivity index (χ0v) is 13.0. The van der Waals surface area contributed by atoms with E-state index in [1.54, 1.807) is 30.6 Å². The van der Waals surface area contributed by atoms with Gasteiger partial charge in [-0.3, -0.25) is 4.79 Å². The van der Waals surface area contributed by atoms with Gasteiger partial charge in [0.15, 0.2) is 0 Å². The molecular formula is C18H16N4O. The van der Waals surface area contributed by atoms with E-state index < -0.39 is 0 Å². The van der Waals surface area contributed by atoms with Gasteiger partial charge in [-0.15, -0.1) is 0 Å². The summed E-state index contributed by atoms with van der Waals surface area (Å²) in [5.74, 6) is -0.155. The molecule has 1 heterocycles. The van der Waals surface area contributed by atoms with E-state index in [4.69, 9.17) is 5.26 Å². The first-order valence-electron chi connectivity index (χ1n) is 7.29. The lowest BCUT2D eigenvalue weighted by Crippen LogP contribution is -2.18. The van der Waals surface area contributed by atoms with E-state index in [-0.39, 0.29) is 12.5 Å². The molecule has 0 saturated heterocycles. The van der Waals surface area contributed by atoms with Gasteiger partial charge in [-0.1, -0.05) is 6.07 Å². The van der Waals surface area contributed by atoms with Crippen LogP contribution in [0.5, 0.6) is 0 Å². The molecule has 0 fully saturated rings. The average Bonchev–Trinajstić information content (AvgIpc) is 2.90. The first-order valence-corrected chi connectivity index (χ1v) is 7.29. The number of rotatable bonds is 3. The molecule has 5 nitrogen and oxygen atoms in total. The molecule has 0 aliphatic carbocycles. The monoisotopic (exact) mass is 304 g/mol. The fourth-order valence-corrected chi connectivity index (χ4v) is 2.46. The molecule has 2 aromatic carbocycles. The number of carbonyl (C=O) groups is 1. The van der Waals surface area contributed by atoms with Gasteiger partial charge in [-0.05, 0) is 55.3 Å². The molecule has 0 atom stereocenters. The second kappa shape index (κ2) is 5.93. The molecule has 0 unspecified atom stereocenters. The van der Waals surface area contributed by atoms with Crippen LogP contribution in [0.1, 0.15) is 16.7 Å². The van der Waals surface area contributed by atoms with Crippen LogP contribution in [0.25, 0.3) is 11.0 Å². The van der Waals surface area contributed by atoms with Gasteiger partial charge in [0.25, 0.3) is 0 Å². The molecule has 3 aromatic rings. The zero-order valence-electron chi connectivity index (χ0n) is 13.0. The first-order chi connectivity index (χ1) is 11.1. The molecule has 1 aromatic heterocycles. The Balaban J connectivity index is 1.80. The van der Waals surface area contributed by atoms with Crippen LogP contribution in [0.4, 0.5) is 5.69 Å². The highest BCUT2D eigenvalue weighted by Gasteiger charge is 2.09. The molecule has 0 spiro atoms. The predicted molar refractivity (Wildman–Crippen MR) is 89.0 cm³/mol. The summed E-state index contributed by atoms with van der Waals surface area (Å²) in [7, 11) is 0. The summed E-state index contributed by atoms with van der Waals surface area (Å²) in [6.45, 7) is 4.26. The summed E-state index contributed by atoms with van der Waals surface area (Å²) in [6, 6.07) is 13.0. The molecular weight excluding hydrogens is 288 g/mol. The Morgan fingerprint density at radius 2 is 2.04 bits per heavy atom. The van der Waals surface area contributed by atoms with Crippen LogP contribution in [0.2, 0.25) is 0 Å². The van der Waals surface area contributed by atoms with E-state index >= 15 is 0 Å². The maximum Gasteiger partial charge on any atom is 0.244 e. The third-order valence-corrected chi connectivity index (χ3v) is 3.83. The van der Waals surface area contributed by atoms with Crippen molar-refractivity contribution in [2.45, 2.75) is 20.4 Å². The molecule has 5 heteroatoms. The number of hydrogen-bond donors (Lipinski definition) is 1. The Morgan fingerprint density at radius 1 is 1.26 bits per heavy atom. The number of carbonyl (C=O) groups excluding carboxylic acids is 1. The average molecular weight is 304 g/mol. The van der Waals surface area contributed by atoms with Gasteiger partial charge in [0.1, 0.15) is 6.54 Å². The van der Waals surface area contributed by atoms with Crippen LogP contribution in [-0.4, -0.2) is 15.5 Å². The van der Waals surface area contributed by atoms with Gasteiger partial charge >= 0.3 is 0 Å². The van der Waals surface area contributed by atoms with Crippen molar-refractivity contribution in [1.82, 2.24) is 9.55 Å². The van der Waals surface area contributed by atoms with Gasteiger partial charge in [-0.25, -0.2) is 4.98 Å². The molecule has 0 aliphatic heterocycles. The number of hydrogen-bond acceptors (Lipinski definition) is 3. The smallest absolute Gasteiger partial charge is 0.244 e. The fraction of sp³-hybridized carbons (Fsp3) is 0.167. The predicted octanol–water partition coefficient (Wildman–Crippen LogP) is 3.16. The summed E-state index contributed by atoms with van der Waals surface area (Å²) in [5.41, 5.74) is 5.30. The topological polar surface area (TPSA) is 70.7 Å². The summed E-state index contributed by atoms with van der Waals surface area (Å²) in [4.78, 5) is 16.6. The van der Waals surface area contributed by atoms with E-state index in [1.165, 1.54) is 11.1 Å². The van der Waals surface area contributed by atoms with Gasteiger partial charge in [-0.2, -0.15) is 5.26 Å². The van der Waals surface area contributed by atoms with E-state index in [0.29, 0.717) is 11.3 Å². The summed E-state index contributed by atoms with van der Waals surface area (Å²) >= 11 is 0. The SMILES string of the molecule is Cc1cc2ncn(CC(=O)Nc3cccc(C#N)c3)c2cc1C. The second-order valence-electron chi connectivity index (χ2n) is 5.54. The maximum atomic E-state index is 12.2. The third-order valence-electron chi connectivity index (χ3n) is 3.83. The molecule has 0 saturated carbocycles. The molecule has 0 radical (unpaired) electrons. The van der Waals surface area contributed by atoms with E-state index in [0.717, 1.165) is 11.0 Å². The highest BCUT2D eigenvalue weighted by molar-refractivity contribution is 5.91. The minimum atomic E-state index is -0.155. The second-order valence-corrected chi connectivity index (χ2v) is 5.54. The van der Waals surface area contributed by atoms with Crippen LogP contribution in [0.3, 0.4) is 0 Å². The Labute approximate surface area is 134 Å². The number of imidazole rings is 1. The Morgan fingerprint density at radius 3 is 2.83 bits per heavy atom. The Bertz CT molecular complexity index is 934. The Hall–Kier alpha value is -3.13. The van der Waals surface area contributed by atoms with Crippen molar-refractivity contribution >= 4 is 22.6 Å². The van der Waals surface area contributed by atoms with Gasteiger partial charge < -0.3 is 9.88 Å². The maximum absolute atomic E-state index is 12.2. The molecule has 1 N–H and O–H groups in total. The van der Waals surface area contributed by atoms with Crippen molar-refractivity contribution < 1.29 is 4.79 Å². The van der Waals surface area contributed by atoms with Gasteiger partial charge in [0, 0.05) is 5.69 Å². The van der Waals surface area contributed by atoms with Crippen LogP contribution in [0, 0.1) is 25.2 Å². The highest BCUT2D eigenvalue weighted by atomic mass is 16.1. The van der Waals surface area contributed by atoms with Crippen molar-refractivity contribution in [2.75, 3.05) is 5.32 Å². The summed E-state index contributed by atoms with van der Waals surface area (Å²) in [6.07, 6.45) is 1.68. The number of aromatic nitrogens is 2. The molecule has 0 bridgehead atoms. The Kier molecular flexibility index (Phi) is 3.82. The molecule has 23 heavy (non-hydrogen) atoms. The van der Waals surface area contributed by atoms with Crippen molar-refractivity contribution in [3.8, 4) is 6.07 Å². The number of amides is 1. The van der Waals surface area contributed by atoms with Crippen LogP contribution in [0.15, 0.2) is 42.7 Å². The molecule has 3 rings (SSSR count). The minimum Gasteiger partial charge on any atom is -0.324 e. The number of aryl methyl sites for hydroxylation is 2. The van der Waals surface area contributed by atoms with E-state index in [1.807, 2.05) is 30.5 Å². The number of benzene rings is 2. The van der Waals surface area contributed by atoms with Crippen molar-refractivity contribution in [3.05, 3.63) is 59.4 Å². The first kappa shape index (κ1) is 14.8. The lowest BCUT2D eigenvalue weighted by molar-refractivity contribution is -0.116. The quantitative estimate of drug-likeness (QED) is 0.808. The summed E-state index contributed by atoms with van der Waals surface area (Å²) < 4.78 is 1.82. The van der Waals surface area contributed by atoms with Crippen molar-refractivity contribution in [1.29, 1.82) is 5.26 Å². The highest BCUT2D eigenvalue weighted by Crippen LogP contribution is 2.18. The molecule has 1 amide bonds. The van der Waals surface area contributed by atoms with Crippen molar-refractivity contribution in [3.63, 3.8) is 0 Å². The summed E-state index contributed by atoms with van der Waals surface area (Å²) in [5, 5.41) is 11.7. The van der Waals surface area contributed by atoms with Crippen LogP contribution >= 0.6 is 0 Å². The number of nitriles is 1. The molecule has 114 valence electrons. The zero-order chi connectivity index (χ0) is 16.4. The largest absolute Gasteiger partial charge is 0.324 e. The van der Waals surface area contributed by atoms with E-state index in [9.17, 15) is 4.79 Å². The number of nitrogens with one attached hydrogen (secondary N) is 1. The number of fused-ring (bicyclic) bond motifs is 1. The van der Waals surface area contributed by atoms with Crippen LogP contribution < -0.4 is 5.32 Å². The molecule has 0 aliphatic rings. The standard InChI is InChI=1S/C18H16N4O/c1-12-6-16-17(7-13(12)2)22(11-20-16)10-18(23)21-15-5-3-4-14(8-15)9-19/h3-8,11H,10H2,1-2H3,(H,21,23). The fourth-order valence-electron chi connectivity index (χ4n) is 2.46. The van der Waals surface area contributed by atoms with E-state index in [2.05, 4.69) is 16.4 Å². The minimum absolute atomic E-state index is 0.155.